The molecule has 1 aromatic heterocycles. The average Bonchev–Trinajstić information content (AvgIpc) is 2.09. The third-order valence-corrected chi connectivity index (χ3v) is 1.79. The summed E-state index contributed by atoms with van der Waals surface area (Å²) in [7, 11) is 1.63. The molecule has 1 heterocycles. The minimum Gasteiger partial charge on any atom is -0.383 e. The highest BCUT2D eigenvalue weighted by Gasteiger charge is 2.05. The van der Waals surface area contributed by atoms with E-state index in [1.54, 1.807) is 13.3 Å². The van der Waals surface area contributed by atoms with Crippen LogP contribution in [0, 0.1) is 0 Å². The maximum atomic E-state index is 5.78. The molecule has 1 unspecified atom stereocenters. The lowest BCUT2D eigenvalue weighted by Crippen LogP contribution is -2.28. The lowest BCUT2D eigenvalue weighted by atomic mass is 10.1. The maximum Gasteiger partial charge on any atom is 0.126 e. The van der Waals surface area contributed by atoms with Crippen molar-refractivity contribution in [3.8, 4) is 0 Å². The van der Waals surface area contributed by atoms with E-state index in [-0.39, 0.29) is 6.04 Å². The van der Waals surface area contributed by atoms with Crippen LogP contribution in [0.25, 0.3) is 0 Å². The van der Waals surface area contributed by atoms with E-state index in [1.165, 1.54) is 0 Å². The molecule has 0 aliphatic heterocycles. The summed E-state index contributed by atoms with van der Waals surface area (Å²) in [5.41, 5.74) is 12.4. The number of nitrogens with zero attached hydrogens (tertiary/aromatic N) is 1. The number of pyridine rings is 1. The molecular weight excluding hydrogens is 166 g/mol. The van der Waals surface area contributed by atoms with E-state index in [2.05, 4.69) is 4.98 Å². The number of methoxy groups -OCH3 is 1. The van der Waals surface area contributed by atoms with Crippen molar-refractivity contribution in [3.63, 3.8) is 0 Å². The molecule has 1 aromatic rings. The van der Waals surface area contributed by atoms with Gasteiger partial charge in [0, 0.05) is 19.3 Å². The van der Waals surface area contributed by atoms with Gasteiger partial charge in [-0.1, -0.05) is 6.07 Å². The first kappa shape index (κ1) is 9.95. The Morgan fingerprint density at radius 2 is 2.38 bits per heavy atom. The Bertz CT molecular complexity index is 265. The van der Waals surface area contributed by atoms with Crippen molar-refractivity contribution >= 4 is 5.82 Å². The molecule has 4 N–H and O–H groups in total. The van der Waals surface area contributed by atoms with E-state index in [4.69, 9.17) is 16.2 Å². The van der Waals surface area contributed by atoms with Crippen LogP contribution in [0.3, 0.4) is 0 Å². The summed E-state index contributed by atoms with van der Waals surface area (Å²) in [5, 5.41) is 0. The van der Waals surface area contributed by atoms with Gasteiger partial charge < -0.3 is 16.2 Å². The number of hydrogen-bond donors (Lipinski definition) is 2. The Balaban J connectivity index is 2.58. The SMILES string of the molecule is COCC(N)Cc1cccnc1N. The summed E-state index contributed by atoms with van der Waals surface area (Å²) >= 11 is 0. The molecule has 0 aromatic carbocycles. The third-order valence-electron chi connectivity index (χ3n) is 1.79. The van der Waals surface area contributed by atoms with Crippen LogP contribution < -0.4 is 11.5 Å². The van der Waals surface area contributed by atoms with E-state index < -0.39 is 0 Å². The lowest BCUT2D eigenvalue weighted by Gasteiger charge is -2.10. The number of nitrogen functional groups attached to an aromatic ring is 1. The van der Waals surface area contributed by atoms with E-state index in [9.17, 15) is 0 Å². The van der Waals surface area contributed by atoms with Crippen molar-refractivity contribution < 1.29 is 4.74 Å². The van der Waals surface area contributed by atoms with Crippen LogP contribution in [0.5, 0.6) is 0 Å². The fourth-order valence-corrected chi connectivity index (χ4v) is 1.18. The minimum absolute atomic E-state index is 0.0171. The summed E-state index contributed by atoms with van der Waals surface area (Å²) in [6, 6.07) is 3.76. The van der Waals surface area contributed by atoms with Gasteiger partial charge in [0.15, 0.2) is 0 Å². The molecule has 0 aliphatic rings. The largest absolute Gasteiger partial charge is 0.383 e. The standard InChI is InChI=1S/C9H15N3O/c1-13-6-8(10)5-7-3-2-4-12-9(7)11/h2-4,8H,5-6,10H2,1H3,(H2,11,12). The predicted octanol–water partition coefficient (Wildman–Crippen LogP) is 0.180. The van der Waals surface area contributed by atoms with Gasteiger partial charge in [-0.2, -0.15) is 0 Å². The van der Waals surface area contributed by atoms with E-state index >= 15 is 0 Å². The zero-order valence-electron chi connectivity index (χ0n) is 7.73. The van der Waals surface area contributed by atoms with Crippen molar-refractivity contribution in [1.29, 1.82) is 0 Å². The Labute approximate surface area is 77.9 Å². The highest BCUT2D eigenvalue weighted by molar-refractivity contribution is 5.38. The fraction of sp³-hybridized carbons (Fsp3) is 0.444. The number of nitrogens with two attached hydrogens (primary N) is 2. The number of rotatable bonds is 4. The van der Waals surface area contributed by atoms with Crippen LogP contribution in [-0.4, -0.2) is 24.7 Å². The van der Waals surface area contributed by atoms with Crippen molar-refractivity contribution in [1.82, 2.24) is 4.98 Å². The van der Waals surface area contributed by atoms with Crippen LogP contribution in [-0.2, 0) is 11.2 Å². The van der Waals surface area contributed by atoms with Gasteiger partial charge in [0.1, 0.15) is 5.82 Å². The van der Waals surface area contributed by atoms with E-state index in [0.717, 1.165) is 5.56 Å². The smallest absolute Gasteiger partial charge is 0.126 e. The van der Waals surface area contributed by atoms with Crippen LogP contribution in [0.4, 0.5) is 5.82 Å². The predicted molar refractivity (Wildman–Crippen MR) is 52.2 cm³/mol. The molecule has 0 radical (unpaired) electrons. The Morgan fingerprint density at radius 3 is 3.00 bits per heavy atom. The summed E-state index contributed by atoms with van der Waals surface area (Å²) in [5.74, 6) is 0.550. The maximum absolute atomic E-state index is 5.78. The van der Waals surface area contributed by atoms with E-state index in [0.29, 0.717) is 18.8 Å². The number of hydrogen-bond acceptors (Lipinski definition) is 4. The van der Waals surface area contributed by atoms with Crippen LogP contribution >= 0.6 is 0 Å². The number of ether oxygens (including phenoxy) is 1. The first-order valence-electron chi connectivity index (χ1n) is 4.18. The molecule has 72 valence electrons. The number of anilines is 1. The molecule has 13 heavy (non-hydrogen) atoms. The summed E-state index contributed by atoms with van der Waals surface area (Å²) in [4.78, 5) is 3.97. The second kappa shape index (κ2) is 4.79. The lowest BCUT2D eigenvalue weighted by molar-refractivity contribution is 0.180. The summed E-state index contributed by atoms with van der Waals surface area (Å²) in [6.07, 6.45) is 2.37. The zero-order chi connectivity index (χ0) is 9.68. The monoisotopic (exact) mass is 181 g/mol. The van der Waals surface area contributed by atoms with Crippen LogP contribution in [0.15, 0.2) is 18.3 Å². The molecule has 1 atom stereocenters. The minimum atomic E-state index is -0.0171. The van der Waals surface area contributed by atoms with Gasteiger partial charge in [-0.15, -0.1) is 0 Å². The second-order valence-electron chi connectivity index (χ2n) is 2.97. The molecule has 0 saturated carbocycles. The molecule has 0 fully saturated rings. The van der Waals surface area contributed by atoms with Crippen LogP contribution in [0.2, 0.25) is 0 Å². The Hall–Kier alpha value is -1.13. The molecular formula is C9H15N3O. The van der Waals surface area contributed by atoms with Crippen molar-refractivity contribution in [3.05, 3.63) is 23.9 Å². The van der Waals surface area contributed by atoms with Gasteiger partial charge in [-0.3, -0.25) is 0 Å². The first-order chi connectivity index (χ1) is 6.24. The molecule has 0 bridgehead atoms. The third kappa shape index (κ3) is 3.01. The molecule has 0 spiro atoms. The van der Waals surface area contributed by atoms with Gasteiger partial charge in [0.25, 0.3) is 0 Å². The van der Waals surface area contributed by atoms with Gasteiger partial charge in [-0.05, 0) is 18.1 Å². The van der Waals surface area contributed by atoms with Gasteiger partial charge >= 0.3 is 0 Å². The molecule has 0 saturated heterocycles. The highest BCUT2D eigenvalue weighted by atomic mass is 16.5. The Morgan fingerprint density at radius 1 is 1.62 bits per heavy atom. The summed E-state index contributed by atoms with van der Waals surface area (Å²) in [6.45, 7) is 0.536. The van der Waals surface area contributed by atoms with Gasteiger partial charge in [0.2, 0.25) is 0 Å². The first-order valence-corrected chi connectivity index (χ1v) is 4.18. The van der Waals surface area contributed by atoms with Crippen molar-refractivity contribution in [2.75, 3.05) is 19.5 Å². The molecule has 4 nitrogen and oxygen atoms in total. The topological polar surface area (TPSA) is 74.2 Å². The molecule has 0 amide bonds. The van der Waals surface area contributed by atoms with Gasteiger partial charge in [-0.25, -0.2) is 4.98 Å². The summed E-state index contributed by atoms with van der Waals surface area (Å²) < 4.78 is 4.93. The highest BCUT2D eigenvalue weighted by Crippen LogP contribution is 2.08. The molecule has 1 rings (SSSR count). The normalized spacial score (nSPS) is 12.8. The van der Waals surface area contributed by atoms with Gasteiger partial charge in [0.05, 0.1) is 6.61 Å². The quantitative estimate of drug-likeness (QED) is 0.695. The zero-order valence-corrected chi connectivity index (χ0v) is 7.73. The molecule has 0 aliphatic carbocycles. The van der Waals surface area contributed by atoms with E-state index in [1.807, 2.05) is 12.1 Å². The molecule has 4 heteroatoms. The second-order valence-corrected chi connectivity index (χ2v) is 2.97. The van der Waals surface area contributed by atoms with Crippen LogP contribution in [0.1, 0.15) is 5.56 Å². The van der Waals surface area contributed by atoms with Crippen molar-refractivity contribution in [2.45, 2.75) is 12.5 Å². The number of aromatic nitrogens is 1. The Kier molecular flexibility index (Phi) is 3.67. The fourth-order valence-electron chi connectivity index (χ4n) is 1.18. The average molecular weight is 181 g/mol. The van der Waals surface area contributed by atoms with Crippen molar-refractivity contribution in [2.24, 2.45) is 5.73 Å².